The molecule has 0 radical (unpaired) electrons. The molecule has 0 aliphatic carbocycles. The summed E-state index contributed by atoms with van der Waals surface area (Å²) in [5.74, 6) is 0. The molecule has 0 bridgehead atoms. The van der Waals surface area contributed by atoms with E-state index < -0.39 is 0 Å². The Hall–Kier alpha value is -0.300. The van der Waals surface area contributed by atoms with Gasteiger partial charge in [-0.1, -0.05) is 12.2 Å². The highest BCUT2D eigenvalue weighted by Crippen LogP contribution is 1.90. The number of allylic oxidation sites excluding steroid dienone is 1. The largest absolute Gasteiger partial charge is 0.375 e. The Morgan fingerprint density at radius 1 is 1.62 bits per heavy atom. The second-order valence-electron chi connectivity index (χ2n) is 1.69. The summed E-state index contributed by atoms with van der Waals surface area (Å²) in [6.07, 6.45) is 4.31. The van der Waals surface area contributed by atoms with Gasteiger partial charge in [0.2, 0.25) is 0 Å². The van der Waals surface area contributed by atoms with Crippen LogP contribution in [-0.2, 0) is 4.74 Å². The van der Waals surface area contributed by atoms with E-state index in [2.05, 4.69) is 0 Å². The molecule has 0 saturated carbocycles. The third-order valence-electron chi connectivity index (χ3n) is 0.893. The predicted octanol–water partition coefficient (Wildman–Crippen LogP) is 1.99. The molecule has 1 unspecified atom stereocenters. The van der Waals surface area contributed by atoms with Crippen LogP contribution in [0.25, 0.3) is 0 Å². The fourth-order valence-corrected chi connectivity index (χ4v) is 0.589. The molecule has 0 amide bonds. The van der Waals surface area contributed by atoms with Crippen LogP contribution in [0.5, 0.6) is 0 Å². The lowest BCUT2D eigenvalue weighted by atomic mass is 10.4. The Bertz CT molecular complexity index is 66.8. The maximum absolute atomic E-state index is 5.20. The Balaban J connectivity index is 3.17. The Labute approximate surface area is 51.4 Å². The van der Waals surface area contributed by atoms with Gasteiger partial charge >= 0.3 is 0 Å². The van der Waals surface area contributed by atoms with Crippen LogP contribution in [-0.4, -0.2) is 12.7 Å². The highest BCUT2D eigenvalue weighted by Gasteiger charge is 1.89. The van der Waals surface area contributed by atoms with Gasteiger partial charge in [0.05, 0.1) is 6.10 Å². The topological polar surface area (TPSA) is 9.23 Å². The van der Waals surface area contributed by atoms with E-state index in [1.54, 1.807) is 0 Å². The summed E-state index contributed by atoms with van der Waals surface area (Å²) in [7, 11) is 0. The monoisotopic (exact) mass is 114 g/mol. The molecular weight excluding hydrogens is 100 g/mol. The van der Waals surface area contributed by atoms with Gasteiger partial charge in [0.1, 0.15) is 0 Å². The van der Waals surface area contributed by atoms with Crippen LogP contribution in [0.4, 0.5) is 0 Å². The Morgan fingerprint density at radius 2 is 2.25 bits per heavy atom. The van der Waals surface area contributed by atoms with Crippen LogP contribution in [0.1, 0.15) is 20.8 Å². The zero-order valence-electron chi connectivity index (χ0n) is 5.85. The maximum atomic E-state index is 5.20. The predicted molar refractivity (Wildman–Crippen MR) is 35.9 cm³/mol. The standard InChI is InChI=1S/C7H14O/c1-4-6-7(3)8-5-2/h4,6-7H,5H2,1-3H3. The van der Waals surface area contributed by atoms with E-state index in [1.165, 1.54) is 0 Å². The minimum Gasteiger partial charge on any atom is -0.375 e. The van der Waals surface area contributed by atoms with Gasteiger partial charge < -0.3 is 4.74 Å². The first kappa shape index (κ1) is 7.70. The smallest absolute Gasteiger partial charge is 0.0727 e. The first-order valence-electron chi connectivity index (χ1n) is 3.05. The second kappa shape index (κ2) is 4.85. The Kier molecular flexibility index (Phi) is 4.67. The summed E-state index contributed by atoms with van der Waals surface area (Å²) in [6.45, 7) is 6.82. The number of ether oxygens (including phenoxy) is 1. The Morgan fingerprint density at radius 3 is 2.62 bits per heavy atom. The van der Waals surface area contributed by atoms with Gasteiger partial charge in [-0.15, -0.1) is 0 Å². The molecule has 0 spiro atoms. The molecule has 0 aliphatic rings. The fraction of sp³-hybridized carbons (Fsp3) is 0.714. The van der Waals surface area contributed by atoms with Crippen LogP contribution in [0.2, 0.25) is 0 Å². The average Bonchev–Trinajstić information content (AvgIpc) is 1.68. The van der Waals surface area contributed by atoms with Crippen LogP contribution in [0, 0.1) is 0 Å². The summed E-state index contributed by atoms with van der Waals surface area (Å²) in [4.78, 5) is 0. The molecule has 0 aromatic carbocycles. The van der Waals surface area contributed by atoms with Crippen LogP contribution in [0.15, 0.2) is 12.2 Å². The minimum absolute atomic E-state index is 0.282. The molecule has 0 rings (SSSR count). The van der Waals surface area contributed by atoms with E-state index in [1.807, 2.05) is 32.9 Å². The van der Waals surface area contributed by atoms with E-state index >= 15 is 0 Å². The number of hydrogen-bond donors (Lipinski definition) is 0. The van der Waals surface area contributed by atoms with E-state index in [9.17, 15) is 0 Å². The van der Waals surface area contributed by atoms with Crippen molar-refractivity contribution in [3.8, 4) is 0 Å². The molecule has 0 fully saturated rings. The molecule has 0 heterocycles. The molecule has 48 valence electrons. The molecule has 0 aliphatic heterocycles. The quantitative estimate of drug-likeness (QED) is 0.510. The first-order chi connectivity index (χ1) is 3.81. The van der Waals surface area contributed by atoms with Crippen molar-refractivity contribution in [1.29, 1.82) is 0 Å². The molecule has 1 heteroatoms. The highest BCUT2D eigenvalue weighted by molar-refractivity contribution is 4.83. The molecule has 0 N–H and O–H groups in total. The zero-order valence-corrected chi connectivity index (χ0v) is 5.85. The van der Waals surface area contributed by atoms with E-state index in [0.717, 1.165) is 6.61 Å². The third-order valence-corrected chi connectivity index (χ3v) is 0.893. The number of rotatable bonds is 3. The molecular formula is C7H14O. The molecule has 0 aromatic heterocycles. The molecule has 1 nitrogen and oxygen atoms in total. The van der Waals surface area contributed by atoms with Crippen molar-refractivity contribution in [2.45, 2.75) is 26.9 Å². The SMILES string of the molecule is CC=CC(C)OCC. The van der Waals surface area contributed by atoms with Gasteiger partial charge in [0, 0.05) is 6.61 Å². The second-order valence-corrected chi connectivity index (χ2v) is 1.69. The number of hydrogen-bond acceptors (Lipinski definition) is 1. The highest BCUT2D eigenvalue weighted by atomic mass is 16.5. The van der Waals surface area contributed by atoms with Crippen molar-refractivity contribution in [2.75, 3.05) is 6.61 Å². The average molecular weight is 114 g/mol. The summed E-state index contributed by atoms with van der Waals surface area (Å²) < 4.78 is 5.20. The van der Waals surface area contributed by atoms with Crippen LogP contribution < -0.4 is 0 Å². The molecule has 0 saturated heterocycles. The minimum atomic E-state index is 0.282. The van der Waals surface area contributed by atoms with Gasteiger partial charge in [-0.05, 0) is 20.8 Å². The molecule has 8 heavy (non-hydrogen) atoms. The van der Waals surface area contributed by atoms with Crippen molar-refractivity contribution in [3.05, 3.63) is 12.2 Å². The lowest BCUT2D eigenvalue weighted by molar-refractivity contribution is 0.109. The van der Waals surface area contributed by atoms with Gasteiger partial charge in [-0.2, -0.15) is 0 Å². The maximum Gasteiger partial charge on any atom is 0.0727 e. The van der Waals surface area contributed by atoms with Crippen molar-refractivity contribution < 1.29 is 4.74 Å². The van der Waals surface area contributed by atoms with Crippen molar-refractivity contribution >= 4 is 0 Å². The third kappa shape index (κ3) is 3.88. The summed E-state index contributed by atoms with van der Waals surface area (Å²) >= 11 is 0. The van der Waals surface area contributed by atoms with Crippen molar-refractivity contribution in [2.24, 2.45) is 0 Å². The molecule has 1 atom stereocenters. The van der Waals surface area contributed by atoms with Crippen LogP contribution >= 0.6 is 0 Å². The summed E-state index contributed by atoms with van der Waals surface area (Å²) in [5.41, 5.74) is 0. The van der Waals surface area contributed by atoms with E-state index in [4.69, 9.17) is 4.74 Å². The normalized spacial score (nSPS) is 14.9. The first-order valence-corrected chi connectivity index (χ1v) is 3.05. The van der Waals surface area contributed by atoms with Gasteiger partial charge in [-0.3, -0.25) is 0 Å². The summed E-state index contributed by atoms with van der Waals surface area (Å²) in [6, 6.07) is 0. The lowest BCUT2D eigenvalue weighted by Gasteiger charge is -2.03. The zero-order chi connectivity index (χ0) is 6.41. The van der Waals surface area contributed by atoms with Crippen molar-refractivity contribution in [3.63, 3.8) is 0 Å². The van der Waals surface area contributed by atoms with E-state index in [0.29, 0.717) is 0 Å². The fourth-order valence-electron chi connectivity index (χ4n) is 0.589. The van der Waals surface area contributed by atoms with Gasteiger partial charge in [0.25, 0.3) is 0 Å². The van der Waals surface area contributed by atoms with Crippen molar-refractivity contribution in [1.82, 2.24) is 0 Å². The summed E-state index contributed by atoms with van der Waals surface area (Å²) in [5, 5.41) is 0. The van der Waals surface area contributed by atoms with Crippen LogP contribution in [0.3, 0.4) is 0 Å². The lowest BCUT2D eigenvalue weighted by Crippen LogP contribution is -2.02. The molecule has 0 aromatic rings. The van der Waals surface area contributed by atoms with Gasteiger partial charge in [0.15, 0.2) is 0 Å². The van der Waals surface area contributed by atoms with Gasteiger partial charge in [-0.25, -0.2) is 0 Å². The van der Waals surface area contributed by atoms with E-state index in [-0.39, 0.29) is 6.10 Å².